The first-order valence-corrected chi connectivity index (χ1v) is 9.60. The highest BCUT2D eigenvalue weighted by Crippen LogP contribution is 2.38. The van der Waals surface area contributed by atoms with E-state index in [1.54, 1.807) is 17.1 Å². The number of aliphatic imine (C=N–C) groups is 1. The highest BCUT2D eigenvalue weighted by atomic mass is 16.5. The summed E-state index contributed by atoms with van der Waals surface area (Å²) in [5.41, 5.74) is 14.3. The van der Waals surface area contributed by atoms with Gasteiger partial charge in [-0.3, -0.25) is 4.68 Å². The van der Waals surface area contributed by atoms with E-state index in [0.29, 0.717) is 11.7 Å². The summed E-state index contributed by atoms with van der Waals surface area (Å²) >= 11 is 0. The average Bonchev–Trinajstić information content (AvgIpc) is 3.37. The maximum atomic E-state index is 5.75. The Balaban J connectivity index is 1.96. The molecule has 0 spiro atoms. The van der Waals surface area contributed by atoms with Crippen molar-refractivity contribution < 1.29 is 4.52 Å². The van der Waals surface area contributed by atoms with E-state index in [1.165, 1.54) is 6.20 Å². The van der Waals surface area contributed by atoms with Gasteiger partial charge in [-0.05, 0) is 24.0 Å². The third kappa shape index (κ3) is 4.03. The molecule has 2 heterocycles. The Kier molecular flexibility index (Phi) is 5.86. The molecule has 0 aliphatic carbocycles. The molecular weight excluding hydrogens is 378 g/mol. The Hall–Kier alpha value is -3.68. The first-order chi connectivity index (χ1) is 14.3. The zero-order valence-electron chi connectivity index (χ0n) is 17.7. The van der Waals surface area contributed by atoms with E-state index in [2.05, 4.69) is 47.6 Å². The number of nitrogens with two attached hydrogens (primary N) is 2. The normalized spacial score (nSPS) is 14.4. The van der Waals surface area contributed by atoms with Crippen molar-refractivity contribution in [2.24, 2.45) is 29.4 Å². The maximum Gasteiger partial charge on any atom is 0.261 e. The summed E-state index contributed by atoms with van der Waals surface area (Å²) in [4.78, 5) is 8.70. The minimum absolute atomic E-state index is 0.217. The van der Waals surface area contributed by atoms with Gasteiger partial charge in [-0.1, -0.05) is 49.8 Å². The topological polar surface area (TPSA) is 121 Å². The van der Waals surface area contributed by atoms with Crippen LogP contribution in [0.15, 0.2) is 64.8 Å². The predicted octanol–water partition coefficient (Wildman–Crippen LogP) is 3.23. The van der Waals surface area contributed by atoms with Crippen LogP contribution in [-0.2, 0) is 12.5 Å². The fourth-order valence-corrected chi connectivity index (χ4v) is 3.18. The smallest absolute Gasteiger partial charge is 0.261 e. The third-order valence-corrected chi connectivity index (χ3v) is 5.36. The Bertz CT molecular complexity index is 1090. The van der Waals surface area contributed by atoms with Crippen LogP contribution in [0.1, 0.15) is 37.7 Å². The van der Waals surface area contributed by atoms with Gasteiger partial charge in [0.2, 0.25) is 0 Å². The number of nitrogens with zero attached hydrogens (tertiary/aromatic N) is 5. The van der Waals surface area contributed by atoms with Gasteiger partial charge in [0.25, 0.3) is 5.89 Å². The van der Waals surface area contributed by atoms with Gasteiger partial charge in [-0.25, -0.2) is 4.99 Å². The van der Waals surface area contributed by atoms with Crippen molar-refractivity contribution in [2.75, 3.05) is 0 Å². The minimum atomic E-state index is -0.450. The number of allylic oxidation sites excluding steroid dienone is 1. The number of hydrogen-bond acceptors (Lipinski definition) is 7. The van der Waals surface area contributed by atoms with E-state index in [4.69, 9.17) is 16.0 Å². The number of benzene rings is 1. The third-order valence-electron chi connectivity index (χ3n) is 5.36. The van der Waals surface area contributed by atoms with Gasteiger partial charge < -0.3 is 16.0 Å². The molecule has 3 aromatic rings. The highest BCUT2D eigenvalue weighted by molar-refractivity contribution is 6.09. The number of aryl methyl sites for hydroxylation is 1. The van der Waals surface area contributed by atoms with E-state index in [0.717, 1.165) is 22.3 Å². The molecule has 0 aliphatic heterocycles. The predicted molar refractivity (Wildman–Crippen MR) is 118 cm³/mol. The molecule has 4 N–H and O–H groups in total. The fraction of sp³-hybridized carbons (Fsp3) is 0.273. The SMILES string of the molecule is C=C(N)N=C/C(=C\N)c1ccc([C@@](C)(c2noc(-c3cnn(C)c3)n2)C(C)C)cc1. The van der Waals surface area contributed by atoms with Gasteiger partial charge >= 0.3 is 0 Å². The van der Waals surface area contributed by atoms with Gasteiger partial charge in [-0.2, -0.15) is 10.1 Å². The Morgan fingerprint density at radius 2 is 2.00 bits per heavy atom. The number of rotatable bonds is 7. The first kappa shape index (κ1) is 21.0. The Labute approximate surface area is 176 Å². The highest BCUT2D eigenvalue weighted by Gasteiger charge is 2.37. The number of aromatic nitrogens is 4. The minimum Gasteiger partial charge on any atom is -0.404 e. The number of hydrogen-bond donors (Lipinski definition) is 2. The second kappa shape index (κ2) is 8.36. The lowest BCUT2D eigenvalue weighted by atomic mass is 9.72. The van der Waals surface area contributed by atoms with Gasteiger partial charge in [0, 0.05) is 31.2 Å². The molecular formula is C22H27N7O. The monoisotopic (exact) mass is 405 g/mol. The molecule has 0 bridgehead atoms. The fourth-order valence-electron chi connectivity index (χ4n) is 3.18. The van der Waals surface area contributed by atoms with E-state index < -0.39 is 5.41 Å². The molecule has 2 aromatic heterocycles. The van der Waals surface area contributed by atoms with E-state index in [-0.39, 0.29) is 11.7 Å². The quantitative estimate of drug-likeness (QED) is 0.582. The van der Waals surface area contributed by atoms with Crippen LogP contribution >= 0.6 is 0 Å². The largest absolute Gasteiger partial charge is 0.404 e. The molecule has 1 aromatic carbocycles. The standard InChI is InChI=1S/C22H27N7O/c1-14(2)22(4,21-27-20(30-28-21)18-12-26-29(5)13-18)19-8-6-16(7-9-19)17(10-23)11-25-15(3)24/h6-14H,3,23-24H2,1-2,4-5H3/b17-10+,25-11?/t22-/m0/s1. The lowest BCUT2D eigenvalue weighted by Gasteiger charge is -2.31. The molecule has 0 aliphatic rings. The van der Waals surface area contributed by atoms with Crippen molar-refractivity contribution in [1.29, 1.82) is 0 Å². The molecule has 156 valence electrons. The van der Waals surface area contributed by atoms with Crippen molar-refractivity contribution >= 4 is 11.8 Å². The molecule has 0 saturated heterocycles. The van der Waals surface area contributed by atoms with Crippen molar-refractivity contribution in [3.8, 4) is 11.5 Å². The molecule has 30 heavy (non-hydrogen) atoms. The summed E-state index contributed by atoms with van der Waals surface area (Å²) in [6.45, 7) is 9.95. The Morgan fingerprint density at radius 3 is 2.53 bits per heavy atom. The summed E-state index contributed by atoms with van der Waals surface area (Å²) in [6.07, 6.45) is 6.63. The van der Waals surface area contributed by atoms with Crippen LogP contribution in [0.3, 0.4) is 0 Å². The molecule has 0 fully saturated rings. The second-order valence-electron chi connectivity index (χ2n) is 7.63. The summed E-state index contributed by atoms with van der Waals surface area (Å²) in [6, 6.07) is 8.07. The van der Waals surface area contributed by atoms with Crippen molar-refractivity contribution in [1.82, 2.24) is 19.9 Å². The van der Waals surface area contributed by atoms with Crippen LogP contribution in [0.25, 0.3) is 17.0 Å². The zero-order chi connectivity index (χ0) is 21.9. The molecule has 0 unspecified atom stereocenters. The zero-order valence-corrected chi connectivity index (χ0v) is 17.7. The van der Waals surface area contributed by atoms with Crippen molar-refractivity contribution in [3.63, 3.8) is 0 Å². The van der Waals surface area contributed by atoms with Crippen LogP contribution in [0, 0.1) is 5.92 Å². The molecule has 0 saturated carbocycles. The first-order valence-electron chi connectivity index (χ1n) is 9.60. The molecule has 0 amide bonds. The van der Waals surface area contributed by atoms with E-state index >= 15 is 0 Å². The lowest BCUT2D eigenvalue weighted by Crippen LogP contribution is -2.31. The van der Waals surface area contributed by atoms with Crippen LogP contribution in [0.4, 0.5) is 0 Å². The van der Waals surface area contributed by atoms with E-state index in [9.17, 15) is 0 Å². The molecule has 1 atom stereocenters. The molecule has 0 radical (unpaired) electrons. The average molecular weight is 406 g/mol. The van der Waals surface area contributed by atoms with Crippen LogP contribution in [-0.4, -0.2) is 26.1 Å². The van der Waals surface area contributed by atoms with Crippen LogP contribution in [0.5, 0.6) is 0 Å². The van der Waals surface area contributed by atoms with Gasteiger partial charge in [0.15, 0.2) is 5.82 Å². The van der Waals surface area contributed by atoms with Crippen LogP contribution < -0.4 is 11.5 Å². The maximum absolute atomic E-state index is 5.75. The summed E-state index contributed by atoms with van der Waals surface area (Å²) in [5, 5.41) is 8.46. The lowest BCUT2D eigenvalue weighted by molar-refractivity contribution is 0.351. The Morgan fingerprint density at radius 1 is 1.30 bits per heavy atom. The molecule has 8 nitrogen and oxygen atoms in total. The molecule has 3 rings (SSSR count). The summed E-state index contributed by atoms with van der Waals surface area (Å²) in [7, 11) is 1.85. The summed E-state index contributed by atoms with van der Waals surface area (Å²) < 4.78 is 7.24. The van der Waals surface area contributed by atoms with Crippen molar-refractivity contribution in [3.05, 3.63) is 72.2 Å². The molecule has 8 heteroatoms. The summed E-state index contributed by atoms with van der Waals surface area (Å²) in [5.74, 6) is 1.52. The van der Waals surface area contributed by atoms with Crippen molar-refractivity contribution in [2.45, 2.75) is 26.2 Å². The van der Waals surface area contributed by atoms with E-state index in [1.807, 2.05) is 37.5 Å². The van der Waals surface area contributed by atoms with Gasteiger partial charge in [-0.15, -0.1) is 0 Å². The second-order valence-corrected chi connectivity index (χ2v) is 7.63. The van der Waals surface area contributed by atoms with Gasteiger partial charge in [0.05, 0.1) is 17.2 Å². The van der Waals surface area contributed by atoms with Gasteiger partial charge in [0.1, 0.15) is 5.82 Å². The van der Waals surface area contributed by atoms with Crippen LogP contribution in [0.2, 0.25) is 0 Å².